The second kappa shape index (κ2) is 8.01. The fraction of sp³-hybridized carbons (Fsp3) is 0.200. The molecule has 0 fully saturated rings. The zero-order chi connectivity index (χ0) is 22.2. The zero-order valence-electron chi connectivity index (χ0n) is 18.2. The van der Waals surface area contributed by atoms with Gasteiger partial charge in [-0.1, -0.05) is 61.5 Å². The van der Waals surface area contributed by atoms with Crippen LogP contribution < -0.4 is 0 Å². The summed E-state index contributed by atoms with van der Waals surface area (Å²) in [6.07, 6.45) is 2.12. The van der Waals surface area contributed by atoms with E-state index < -0.39 is 6.10 Å². The van der Waals surface area contributed by atoms with Gasteiger partial charge in [-0.2, -0.15) is 0 Å². The van der Waals surface area contributed by atoms with E-state index in [2.05, 4.69) is 40.5 Å². The molecule has 0 spiro atoms. The summed E-state index contributed by atoms with van der Waals surface area (Å²) in [6, 6.07) is 18.0. The van der Waals surface area contributed by atoms with Crippen molar-refractivity contribution >= 4 is 5.65 Å². The summed E-state index contributed by atoms with van der Waals surface area (Å²) in [7, 11) is 0. The molecular formula is C25H24N6O. The quantitative estimate of drug-likeness (QED) is 0.435. The summed E-state index contributed by atoms with van der Waals surface area (Å²) in [5.74, 6) is 0.620. The number of tetrazole rings is 1. The molecule has 0 radical (unpaired) electrons. The predicted molar refractivity (Wildman–Crippen MR) is 123 cm³/mol. The SMILES string of the molecule is CCc1cn2c([C@H](O)c3ccc(-c4ccccc4-c4nnn[nH]4)cc3)c(C)cc(C)c2n1. The van der Waals surface area contributed by atoms with Crippen molar-refractivity contribution in [2.24, 2.45) is 0 Å². The first-order valence-electron chi connectivity index (χ1n) is 10.7. The number of hydrogen-bond donors (Lipinski definition) is 2. The molecule has 7 nitrogen and oxygen atoms in total. The third-order valence-corrected chi connectivity index (χ3v) is 5.89. The number of hydrogen-bond acceptors (Lipinski definition) is 5. The Morgan fingerprint density at radius 3 is 2.44 bits per heavy atom. The van der Waals surface area contributed by atoms with Crippen molar-refractivity contribution in [3.8, 4) is 22.5 Å². The number of rotatable bonds is 5. The number of nitrogens with one attached hydrogen (secondary N) is 1. The van der Waals surface area contributed by atoms with E-state index in [1.54, 1.807) is 0 Å². The van der Waals surface area contributed by atoms with Crippen molar-refractivity contribution in [1.82, 2.24) is 30.0 Å². The van der Waals surface area contributed by atoms with Gasteiger partial charge in [0.1, 0.15) is 11.8 Å². The number of nitrogens with zero attached hydrogens (tertiary/aromatic N) is 5. The smallest absolute Gasteiger partial charge is 0.180 e. The molecule has 5 rings (SSSR count). The van der Waals surface area contributed by atoms with Crippen molar-refractivity contribution < 1.29 is 5.11 Å². The molecule has 0 saturated heterocycles. The standard InChI is InChI=1S/C25H24N6O/c1-4-19-14-31-22(15(2)13-16(3)25(31)26-19)23(32)18-11-9-17(10-12-18)20-7-5-6-8-21(20)24-27-29-30-28-24/h5-14,23,32H,4H2,1-3H3,(H,27,28,29,30)/t23-/m1/s1. The molecule has 3 aromatic heterocycles. The third kappa shape index (κ3) is 3.36. The van der Waals surface area contributed by atoms with Crippen LogP contribution in [0.25, 0.3) is 28.2 Å². The van der Waals surface area contributed by atoms with Crippen LogP contribution in [0.2, 0.25) is 0 Å². The van der Waals surface area contributed by atoms with Gasteiger partial charge in [0.25, 0.3) is 0 Å². The number of aryl methyl sites for hydroxylation is 3. The summed E-state index contributed by atoms with van der Waals surface area (Å²) in [5.41, 5.74) is 8.69. The summed E-state index contributed by atoms with van der Waals surface area (Å²) in [6.45, 7) is 6.18. The van der Waals surface area contributed by atoms with E-state index in [0.29, 0.717) is 5.82 Å². The molecule has 3 heterocycles. The molecule has 5 aromatic rings. The number of aliphatic hydroxyl groups is 1. The third-order valence-electron chi connectivity index (χ3n) is 5.89. The van der Waals surface area contributed by atoms with Gasteiger partial charge in [-0.25, -0.2) is 10.1 Å². The van der Waals surface area contributed by atoms with Gasteiger partial charge < -0.3 is 9.51 Å². The number of pyridine rings is 1. The molecule has 0 bridgehead atoms. The maximum atomic E-state index is 11.3. The minimum absolute atomic E-state index is 0.620. The van der Waals surface area contributed by atoms with Gasteiger partial charge in [-0.3, -0.25) is 0 Å². The first-order valence-corrected chi connectivity index (χ1v) is 10.7. The molecule has 0 aliphatic rings. The van der Waals surface area contributed by atoms with Crippen LogP contribution in [0.3, 0.4) is 0 Å². The lowest BCUT2D eigenvalue weighted by Crippen LogP contribution is -2.09. The van der Waals surface area contributed by atoms with E-state index in [0.717, 1.165) is 56.8 Å². The lowest BCUT2D eigenvalue weighted by atomic mass is 9.95. The van der Waals surface area contributed by atoms with Gasteiger partial charge >= 0.3 is 0 Å². The van der Waals surface area contributed by atoms with Crippen LogP contribution in [0.1, 0.15) is 41.1 Å². The molecular weight excluding hydrogens is 400 g/mol. The van der Waals surface area contributed by atoms with Crippen LogP contribution in [-0.4, -0.2) is 35.1 Å². The zero-order valence-corrected chi connectivity index (χ0v) is 18.2. The van der Waals surface area contributed by atoms with Crippen molar-refractivity contribution in [2.75, 3.05) is 0 Å². The number of H-pyrrole nitrogens is 1. The molecule has 2 aromatic carbocycles. The Morgan fingerprint density at radius 2 is 1.75 bits per heavy atom. The lowest BCUT2D eigenvalue weighted by Gasteiger charge is -2.18. The van der Waals surface area contributed by atoms with Gasteiger partial charge in [0.15, 0.2) is 5.82 Å². The number of imidazole rings is 1. The van der Waals surface area contributed by atoms with E-state index in [9.17, 15) is 5.11 Å². The second-order valence-electron chi connectivity index (χ2n) is 7.99. The first kappa shape index (κ1) is 20.1. The molecule has 0 aliphatic carbocycles. The number of aromatic nitrogens is 6. The lowest BCUT2D eigenvalue weighted by molar-refractivity contribution is 0.213. The molecule has 2 N–H and O–H groups in total. The topological polar surface area (TPSA) is 92.0 Å². The molecule has 7 heteroatoms. The van der Waals surface area contributed by atoms with Gasteiger partial charge in [0.05, 0.1) is 11.4 Å². The Balaban J connectivity index is 1.54. The Bertz CT molecular complexity index is 1390. The van der Waals surface area contributed by atoms with Crippen molar-refractivity contribution in [2.45, 2.75) is 33.3 Å². The molecule has 32 heavy (non-hydrogen) atoms. The number of benzene rings is 2. The number of fused-ring (bicyclic) bond motifs is 1. The summed E-state index contributed by atoms with van der Waals surface area (Å²) >= 11 is 0. The highest BCUT2D eigenvalue weighted by Gasteiger charge is 2.19. The van der Waals surface area contributed by atoms with Crippen LogP contribution in [0.4, 0.5) is 0 Å². The highest BCUT2D eigenvalue weighted by atomic mass is 16.3. The van der Waals surface area contributed by atoms with E-state index >= 15 is 0 Å². The minimum atomic E-state index is -0.764. The van der Waals surface area contributed by atoms with Crippen LogP contribution in [0, 0.1) is 13.8 Å². The highest BCUT2D eigenvalue weighted by molar-refractivity contribution is 5.80. The van der Waals surface area contributed by atoms with Crippen LogP contribution >= 0.6 is 0 Å². The summed E-state index contributed by atoms with van der Waals surface area (Å²) in [4.78, 5) is 4.73. The Kier molecular flexibility index (Phi) is 5.03. The number of aromatic amines is 1. The van der Waals surface area contributed by atoms with E-state index in [4.69, 9.17) is 4.98 Å². The maximum Gasteiger partial charge on any atom is 0.180 e. The molecule has 0 saturated carbocycles. The average molecular weight is 425 g/mol. The van der Waals surface area contributed by atoms with Crippen LogP contribution in [-0.2, 0) is 6.42 Å². The summed E-state index contributed by atoms with van der Waals surface area (Å²) in [5, 5.41) is 25.6. The van der Waals surface area contributed by atoms with Crippen molar-refractivity contribution in [1.29, 1.82) is 0 Å². The normalized spacial score (nSPS) is 12.4. The van der Waals surface area contributed by atoms with E-state index in [-0.39, 0.29) is 0 Å². The van der Waals surface area contributed by atoms with Crippen LogP contribution in [0.15, 0.2) is 60.8 Å². The summed E-state index contributed by atoms with van der Waals surface area (Å²) < 4.78 is 2.04. The second-order valence-corrected chi connectivity index (χ2v) is 7.99. The average Bonchev–Trinajstić information content (AvgIpc) is 3.50. The molecule has 0 amide bonds. The maximum absolute atomic E-state index is 11.3. The van der Waals surface area contributed by atoms with Gasteiger partial charge in [0.2, 0.25) is 0 Å². The van der Waals surface area contributed by atoms with Crippen molar-refractivity contribution in [3.63, 3.8) is 0 Å². The van der Waals surface area contributed by atoms with Gasteiger partial charge in [-0.05, 0) is 58.5 Å². The van der Waals surface area contributed by atoms with E-state index in [1.165, 1.54) is 0 Å². The molecule has 1 atom stereocenters. The van der Waals surface area contributed by atoms with Gasteiger partial charge in [0, 0.05) is 11.8 Å². The fourth-order valence-electron chi connectivity index (χ4n) is 4.28. The Labute approximate surface area is 185 Å². The first-order chi connectivity index (χ1) is 15.6. The molecule has 160 valence electrons. The van der Waals surface area contributed by atoms with Gasteiger partial charge in [-0.15, -0.1) is 5.10 Å². The predicted octanol–water partition coefficient (Wildman–Crippen LogP) is 4.44. The van der Waals surface area contributed by atoms with Crippen molar-refractivity contribution in [3.05, 3.63) is 88.9 Å². The van der Waals surface area contributed by atoms with E-state index in [1.807, 2.05) is 66.1 Å². The molecule has 0 unspecified atom stereocenters. The fourth-order valence-corrected chi connectivity index (χ4v) is 4.28. The molecule has 0 aliphatic heterocycles. The highest BCUT2D eigenvalue weighted by Crippen LogP contribution is 2.32. The number of aliphatic hydroxyl groups excluding tert-OH is 1. The minimum Gasteiger partial charge on any atom is -0.382 e. The Hall–Kier alpha value is -3.84. The largest absolute Gasteiger partial charge is 0.382 e. The monoisotopic (exact) mass is 424 g/mol. The van der Waals surface area contributed by atoms with Crippen LogP contribution in [0.5, 0.6) is 0 Å². The Morgan fingerprint density at radius 1 is 1.00 bits per heavy atom.